The van der Waals surface area contributed by atoms with Crippen LogP contribution in [0, 0.1) is 0 Å². The minimum Gasteiger partial charge on any atom is -0.352 e. The van der Waals surface area contributed by atoms with Crippen LogP contribution >= 0.6 is 0 Å². The van der Waals surface area contributed by atoms with Gasteiger partial charge in [0.25, 0.3) is 0 Å². The Hall–Kier alpha value is -1.94. The fourth-order valence-corrected chi connectivity index (χ4v) is 1.88. The predicted molar refractivity (Wildman–Crippen MR) is 82.6 cm³/mol. The smallest absolute Gasteiger partial charge is 0.222 e. The lowest BCUT2D eigenvalue weighted by atomic mass is 9.92. The van der Waals surface area contributed by atoms with E-state index in [2.05, 4.69) is 36.1 Å². The molecule has 4 heteroatoms. The van der Waals surface area contributed by atoms with Crippen LogP contribution in [0.15, 0.2) is 42.6 Å². The van der Waals surface area contributed by atoms with Gasteiger partial charge in [-0.15, -0.1) is 0 Å². The highest BCUT2D eigenvalue weighted by Crippen LogP contribution is 2.20. The second kappa shape index (κ2) is 6.01. The lowest BCUT2D eigenvalue weighted by Gasteiger charge is -2.18. The maximum absolute atomic E-state index is 6.15. The third kappa shape index (κ3) is 3.78. The normalized spacial score (nSPS) is 13.0. The summed E-state index contributed by atoms with van der Waals surface area (Å²) in [4.78, 5) is 8.77. The SMILES string of the molecule is CC(C)(C)c1ccnc(NCC(N)c2ccccc2)n1. The van der Waals surface area contributed by atoms with Crippen molar-refractivity contribution in [3.05, 3.63) is 53.9 Å². The van der Waals surface area contributed by atoms with E-state index in [9.17, 15) is 0 Å². The molecule has 2 rings (SSSR count). The van der Waals surface area contributed by atoms with Crippen molar-refractivity contribution in [2.24, 2.45) is 5.73 Å². The second-order valence-electron chi connectivity index (χ2n) is 5.91. The van der Waals surface area contributed by atoms with E-state index in [0.29, 0.717) is 12.5 Å². The molecular weight excluding hydrogens is 248 g/mol. The van der Waals surface area contributed by atoms with Crippen LogP contribution in [0.3, 0.4) is 0 Å². The van der Waals surface area contributed by atoms with Crippen LogP contribution in [-0.4, -0.2) is 16.5 Å². The Morgan fingerprint density at radius 3 is 2.50 bits per heavy atom. The monoisotopic (exact) mass is 270 g/mol. The van der Waals surface area contributed by atoms with Crippen LogP contribution in [0.1, 0.15) is 38.1 Å². The van der Waals surface area contributed by atoms with Crippen molar-refractivity contribution in [2.45, 2.75) is 32.2 Å². The summed E-state index contributed by atoms with van der Waals surface area (Å²) in [7, 11) is 0. The van der Waals surface area contributed by atoms with Crippen molar-refractivity contribution in [1.29, 1.82) is 0 Å². The molecule has 1 unspecified atom stereocenters. The average molecular weight is 270 g/mol. The van der Waals surface area contributed by atoms with Crippen LogP contribution < -0.4 is 11.1 Å². The zero-order valence-electron chi connectivity index (χ0n) is 12.3. The van der Waals surface area contributed by atoms with Gasteiger partial charge >= 0.3 is 0 Å². The fraction of sp³-hybridized carbons (Fsp3) is 0.375. The first-order valence-electron chi connectivity index (χ1n) is 6.85. The number of rotatable bonds is 4. The zero-order chi connectivity index (χ0) is 14.6. The van der Waals surface area contributed by atoms with Crippen molar-refractivity contribution in [3.63, 3.8) is 0 Å². The van der Waals surface area contributed by atoms with Crippen LogP contribution in [-0.2, 0) is 5.41 Å². The van der Waals surface area contributed by atoms with Crippen molar-refractivity contribution in [1.82, 2.24) is 9.97 Å². The molecule has 3 N–H and O–H groups in total. The van der Waals surface area contributed by atoms with Gasteiger partial charge in [-0.2, -0.15) is 0 Å². The Morgan fingerprint density at radius 2 is 1.85 bits per heavy atom. The van der Waals surface area contributed by atoms with Gasteiger partial charge in [-0.25, -0.2) is 9.97 Å². The van der Waals surface area contributed by atoms with E-state index in [4.69, 9.17) is 5.73 Å². The Bertz CT molecular complexity index is 546. The van der Waals surface area contributed by atoms with Crippen molar-refractivity contribution >= 4 is 5.95 Å². The average Bonchev–Trinajstić information content (AvgIpc) is 2.45. The number of aromatic nitrogens is 2. The molecule has 2 aromatic rings. The molecule has 0 saturated carbocycles. The minimum absolute atomic E-state index is 0.0148. The number of benzene rings is 1. The zero-order valence-corrected chi connectivity index (χ0v) is 12.3. The quantitative estimate of drug-likeness (QED) is 0.896. The summed E-state index contributed by atoms with van der Waals surface area (Å²) in [5.74, 6) is 0.629. The number of anilines is 1. The van der Waals surface area contributed by atoms with E-state index < -0.39 is 0 Å². The van der Waals surface area contributed by atoms with Gasteiger partial charge in [-0.1, -0.05) is 51.1 Å². The standard InChI is InChI=1S/C16H22N4/c1-16(2,3)14-9-10-18-15(20-14)19-11-13(17)12-7-5-4-6-8-12/h4-10,13H,11,17H2,1-3H3,(H,18,19,20). The van der Waals surface area contributed by atoms with Crippen molar-refractivity contribution < 1.29 is 0 Å². The molecule has 0 fully saturated rings. The molecule has 0 bridgehead atoms. The van der Waals surface area contributed by atoms with E-state index in [1.165, 1.54) is 0 Å². The number of nitrogens with one attached hydrogen (secondary N) is 1. The molecule has 1 atom stereocenters. The van der Waals surface area contributed by atoms with Gasteiger partial charge in [0.1, 0.15) is 0 Å². The molecule has 0 aliphatic carbocycles. The molecule has 0 aliphatic heterocycles. The van der Waals surface area contributed by atoms with Crippen LogP contribution in [0.25, 0.3) is 0 Å². The highest BCUT2D eigenvalue weighted by Gasteiger charge is 2.16. The predicted octanol–water partition coefficient (Wildman–Crippen LogP) is 2.89. The highest BCUT2D eigenvalue weighted by atomic mass is 15.1. The molecule has 0 spiro atoms. The topological polar surface area (TPSA) is 63.8 Å². The molecule has 106 valence electrons. The summed E-state index contributed by atoms with van der Waals surface area (Å²) in [6.07, 6.45) is 1.78. The molecule has 1 aromatic carbocycles. The summed E-state index contributed by atoms with van der Waals surface area (Å²) in [5.41, 5.74) is 8.28. The molecule has 4 nitrogen and oxygen atoms in total. The lowest BCUT2D eigenvalue weighted by molar-refractivity contribution is 0.567. The number of hydrogen-bond donors (Lipinski definition) is 2. The molecule has 0 radical (unpaired) electrons. The first-order valence-corrected chi connectivity index (χ1v) is 6.85. The number of nitrogens with two attached hydrogens (primary N) is 1. The van der Waals surface area contributed by atoms with Gasteiger partial charge in [0.15, 0.2) is 0 Å². The van der Waals surface area contributed by atoms with Crippen LogP contribution in [0.4, 0.5) is 5.95 Å². The van der Waals surface area contributed by atoms with Gasteiger partial charge in [-0.3, -0.25) is 0 Å². The van der Waals surface area contributed by atoms with Crippen molar-refractivity contribution in [3.8, 4) is 0 Å². The van der Waals surface area contributed by atoms with E-state index in [0.717, 1.165) is 11.3 Å². The summed E-state index contributed by atoms with van der Waals surface area (Å²) < 4.78 is 0. The molecule has 1 heterocycles. The molecule has 20 heavy (non-hydrogen) atoms. The van der Waals surface area contributed by atoms with Gasteiger partial charge < -0.3 is 11.1 Å². The van der Waals surface area contributed by atoms with E-state index >= 15 is 0 Å². The highest BCUT2D eigenvalue weighted by molar-refractivity contribution is 5.29. The van der Waals surface area contributed by atoms with Gasteiger partial charge in [-0.05, 0) is 11.6 Å². The molecular formula is C16H22N4. The molecule has 0 aliphatic rings. The minimum atomic E-state index is -0.0712. The second-order valence-corrected chi connectivity index (χ2v) is 5.91. The Labute approximate surface area is 120 Å². The maximum atomic E-state index is 6.15. The Kier molecular flexibility index (Phi) is 4.35. The third-order valence-corrected chi connectivity index (χ3v) is 3.13. The summed E-state index contributed by atoms with van der Waals surface area (Å²) >= 11 is 0. The Morgan fingerprint density at radius 1 is 1.15 bits per heavy atom. The fourth-order valence-electron chi connectivity index (χ4n) is 1.88. The summed E-state index contributed by atoms with van der Waals surface area (Å²) in [6, 6.07) is 11.9. The Balaban J connectivity index is 2.01. The summed E-state index contributed by atoms with van der Waals surface area (Å²) in [5, 5.41) is 3.21. The van der Waals surface area contributed by atoms with E-state index in [1.807, 2.05) is 36.4 Å². The lowest BCUT2D eigenvalue weighted by Crippen LogP contribution is -2.22. The number of hydrogen-bond acceptors (Lipinski definition) is 4. The first-order chi connectivity index (χ1) is 9.47. The first kappa shape index (κ1) is 14.5. The summed E-state index contributed by atoms with van der Waals surface area (Å²) in [6.45, 7) is 7.01. The van der Waals surface area contributed by atoms with Gasteiger partial charge in [0.05, 0.1) is 5.69 Å². The molecule has 1 aromatic heterocycles. The van der Waals surface area contributed by atoms with Crippen LogP contribution in [0.2, 0.25) is 0 Å². The van der Waals surface area contributed by atoms with Gasteiger partial charge in [0.2, 0.25) is 5.95 Å². The van der Waals surface area contributed by atoms with E-state index in [1.54, 1.807) is 6.20 Å². The molecule has 0 amide bonds. The van der Waals surface area contributed by atoms with Crippen molar-refractivity contribution in [2.75, 3.05) is 11.9 Å². The van der Waals surface area contributed by atoms with E-state index in [-0.39, 0.29) is 11.5 Å². The third-order valence-electron chi connectivity index (χ3n) is 3.13. The largest absolute Gasteiger partial charge is 0.352 e. The molecule has 0 saturated heterocycles. The number of nitrogens with zero attached hydrogens (tertiary/aromatic N) is 2. The van der Waals surface area contributed by atoms with Gasteiger partial charge in [0, 0.05) is 24.2 Å². The maximum Gasteiger partial charge on any atom is 0.222 e. The van der Waals surface area contributed by atoms with Crippen LogP contribution in [0.5, 0.6) is 0 Å².